The Balaban J connectivity index is 2.02. The monoisotopic (exact) mass is 294 g/mol. The number of unbranched alkanes of at least 4 members (excludes halogenated alkanes) is 3. The number of aromatic nitrogens is 4. The Bertz CT molecular complexity index is 712. The topological polar surface area (TPSA) is 125 Å². The molecule has 0 saturated heterocycles. The van der Waals surface area contributed by atoms with Crippen LogP contribution in [-0.2, 0) is 13.6 Å². The number of hydrogen-bond acceptors (Lipinski definition) is 5. The first-order valence-electron chi connectivity index (χ1n) is 7.16. The van der Waals surface area contributed by atoms with Crippen molar-refractivity contribution in [2.45, 2.75) is 44.8 Å². The minimum Gasteiger partial charge on any atom is -0.339 e. The summed E-state index contributed by atoms with van der Waals surface area (Å²) >= 11 is 0. The normalized spacial score (nSPS) is 11.6. The van der Waals surface area contributed by atoms with Crippen molar-refractivity contribution >= 4 is 11.2 Å². The first-order valence-corrected chi connectivity index (χ1v) is 7.16. The second-order valence-electron chi connectivity index (χ2n) is 5.27. The molecule has 2 aromatic heterocycles. The van der Waals surface area contributed by atoms with E-state index in [0.29, 0.717) is 17.7 Å². The third-order valence-corrected chi connectivity index (χ3v) is 3.58. The van der Waals surface area contributed by atoms with Gasteiger partial charge in [0.25, 0.3) is 5.56 Å². The highest BCUT2D eigenvalue weighted by Gasteiger charge is 2.12. The van der Waals surface area contributed by atoms with Gasteiger partial charge in [0.2, 0.25) is 0 Å². The van der Waals surface area contributed by atoms with Gasteiger partial charge >= 0.3 is 5.69 Å². The zero-order valence-electron chi connectivity index (χ0n) is 12.2. The Morgan fingerprint density at radius 1 is 1.24 bits per heavy atom. The second-order valence-corrected chi connectivity index (χ2v) is 5.27. The molecule has 0 spiro atoms. The molecule has 0 amide bonds. The fraction of sp³-hybridized carbons (Fsp3) is 0.615. The van der Waals surface area contributed by atoms with Gasteiger partial charge in [-0.3, -0.25) is 13.9 Å². The highest BCUT2D eigenvalue weighted by atomic mass is 16.2. The highest BCUT2D eigenvalue weighted by molar-refractivity contribution is 5.68. The summed E-state index contributed by atoms with van der Waals surface area (Å²) in [7, 11) is 1.62. The molecule has 0 fully saturated rings. The largest absolute Gasteiger partial charge is 0.339 e. The van der Waals surface area contributed by atoms with Crippen molar-refractivity contribution in [3.05, 3.63) is 27.2 Å². The predicted octanol–water partition coefficient (Wildman–Crippen LogP) is -0.383. The van der Waals surface area contributed by atoms with Crippen molar-refractivity contribution in [1.29, 1.82) is 0 Å². The smallest absolute Gasteiger partial charge is 0.332 e. The quantitative estimate of drug-likeness (QED) is 0.474. The van der Waals surface area contributed by atoms with Crippen LogP contribution < -0.4 is 22.7 Å². The first kappa shape index (κ1) is 15.5. The summed E-state index contributed by atoms with van der Waals surface area (Å²) in [5, 5.41) is 0. The maximum Gasteiger partial charge on any atom is 0.332 e. The van der Waals surface area contributed by atoms with Crippen LogP contribution in [0.1, 0.15) is 32.1 Å². The molecule has 21 heavy (non-hydrogen) atoms. The van der Waals surface area contributed by atoms with Crippen LogP contribution in [0.2, 0.25) is 0 Å². The van der Waals surface area contributed by atoms with Crippen LogP contribution in [0.5, 0.6) is 0 Å². The van der Waals surface area contributed by atoms with Crippen LogP contribution >= 0.6 is 0 Å². The van der Waals surface area contributed by atoms with Gasteiger partial charge in [-0.15, -0.1) is 0 Å². The lowest BCUT2D eigenvalue weighted by atomic mass is 10.1. The molecule has 0 aliphatic heterocycles. The second kappa shape index (κ2) is 6.68. The van der Waals surface area contributed by atoms with E-state index in [1.54, 1.807) is 7.05 Å². The van der Waals surface area contributed by atoms with E-state index in [-0.39, 0.29) is 17.4 Å². The number of hydrogen-bond donors (Lipinski definition) is 3. The Labute approximate surface area is 121 Å². The molecule has 0 radical (unpaired) electrons. The molecule has 116 valence electrons. The maximum absolute atomic E-state index is 12.2. The molecule has 0 aliphatic carbocycles. The Kier molecular flexibility index (Phi) is 4.92. The predicted molar refractivity (Wildman–Crippen MR) is 80.8 cm³/mol. The molecule has 0 aliphatic rings. The SMILES string of the molecule is Cn1c(=O)n(CCCCCCC(N)N)c(=O)c2[nH]cnc21. The van der Waals surface area contributed by atoms with Crippen molar-refractivity contribution in [3.8, 4) is 0 Å². The van der Waals surface area contributed by atoms with Gasteiger partial charge in [-0.1, -0.05) is 19.3 Å². The molecular weight excluding hydrogens is 272 g/mol. The van der Waals surface area contributed by atoms with Gasteiger partial charge in [0.15, 0.2) is 5.65 Å². The number of H-pyrrole nitrogens is 1. The van der Waals surface area contributed by atoms with Crippen molar-refractivity contribution in [3.63, 3.8) is 0 Å². The molecule has 0 atom stereocenters. The Morgan fingerprint density at radius 2 is 1.95 bits per heavy atom. The van der Waals surface area contributed by atoms with Crippen LogP contribution in [0.15, 0.2) is 15.9 Å². The molecule has 2 rings (SSSR count). The molecule has 5 N–H and O–H groups in total. The van der Waals surface area contributed by atoms with Crippen molar-refractivity contribution in [1.82, 2.24) is 19.1 Å². The van der Waals surface area contributed by atoms with E-state index in [2.05, 4.69) is 9.97 Å². The van der Waals surface area contributed by atoms with Gasteiger partial charge in [-0.05, 0) is 12.8 Å². The molecule has 2 heterocycles. The van der Waals surface area contributed by atoms with Gasteiger partial charge < -0.3 is 16.5 Å². The van der Waals surface area contributed by atoms with E-state index in [1.165, 1.54) is 15.5 Å². The minimum atomic E-state index is -0.330. The number of aromatic amines is 1. The maximum atomic E-state index is 12.2. The van der Waals surface area contributed by atoms with E-state index in [4.69, 9.17) is 11.5 Å². The minimum absolute atomic E-state index is 0.261. The first-order chi connectivity index (χ1) is 10.0. The lowest BCUT2D eigenvalue weighted by Crippen LogP contribution is -2.39. The summed E-state index contributed by atoms with van der Waals surface area (Å²) in [6.07, 6.45) is 5.62. The van der Waals surface area contributed by atoms with Gasteiger partial charge in [-0.2, -0.15) is 0 Å². The summed E-state index contributed by atoms with van der Waals surface area (Å²) < 4.78 is 2.65. The number of nitrogens with two attached hydrogens (primary N) is 2. The van der Waals surface area contributed by atoms with Crippen molar-refractivity contribution in [2.24, 2.45) is 18.5 Å². The zero-order valence-corrected chi connectivity index (χ0v) is 12.2. The lowest BCUT2D eigenvalue weighted by Gasteiger charge is -2.08. The molecule has 2 aromatic rings. The molecule has 0 aromatic carbocycles. The third kappa shape index (κ3) is 3.40. The highest BCUT2D eigenvalue weighted by Crippen LogP contribution is 2.04. The average Bonchev–Trinajstić information content (AvgIpc) is 2.92. The molecule has 8 nitrogen and oxygen atoms in total. The van der Waals surface area contributed by atoms with Gasteiger partial charge in [0.1, 0.15) is 5.52 Å². The Morgan fingerprint density at radius 3 is 2.67 bits per heavy atom. The summed E-state index contributed by atoms with van der Waals surface area (Å²) in [5.74, 6) is 0. The number of rotatable bonds is 7. The van der Waals surface area contributed by atoms with Crippen LogP contribution in [0.3, 0.4) is 0 Å². The molecule has 0 unspecified atom stereocenters. The Hall–Kier alpha value is -1.93. The fourth-order valence-electron chi connectivity index (χ4n) is 2.39. The summed E-state index contributed by atoms with van der Waals surface area (Å²) in [5.41, 5.74) is 11.1. The summed E-state index contributed by atoms with van der Waals surface area (Å²) in [6.45, 7) is 0.412. The van der Waals surface area contributed by atoms with Crippen LogP contribution in [0.25, 0.3) is 11.2 Å². The van der Waals surface area contributed by atoms with E-state index in [1.807, 2.05) is 0 Å². The number of aryl methyl sites for hydroxylation is 1. The zero-order chi connectivity index (χ0) is 15.4. The van der Waals surface area contributed by atoms with Crippen LogP contribution in [0.4, 0.5) is 0 Å². The summed E-state index contributed by atoms with van der Waals surface area (Å²) in [6, 6.07) is 0. The average molecular weight is 294 g/mol. The van der Waals surface area contributed by atoms with E-state index >= 15 is 0 Å². The number of imidazole rings is 1. The van der Waals surface area contributed by atoms with Gasteiger partial charge in [0.05, 0.1) is 12.5 Å². The number of fused-ring (bicyclic) bond motifs is 1. The molecule has 8 heteroatoms. The lowest BCUT2D eigenvalue weighted by molar-refractivity contribution is 0.511. The summed E-state index contributed by atoms with van der Waals surface area (Å²) in [4.78, 5) is 31.1. The number of nitrogens with zero attached hydrogens (tertiary/aromatic N) is 3. The standard InChI is InChI=1S/C13H22N6O2/c1-18-11-10(16-8-17-11)12(20)19(13(18)21)7-5-3-2-4-6-9(14)15/h8-9H,2-7,14-15H2,1H3,(H,16,17). The third-order valence-electron chi connectivity index (χ3n) is 3.58. The van der Waals surface area contributed by atoms with E-state index in [9.17, 15) is 9.59 Å². The van der Waals surface area contributed by atoms with Gasteiger partial charge in [0, 0.05) is 13.6 Å². The molecular formula is C13H22N6O2. The van der Waals surface area contributed by atoms with Crippen LogP contribution in [0, 0.1) is 0 Å². The molecule has 0 bridgehead atoms. The van der Waals surface area contributed by atoms with Crippen molar-refractivity contribution in [2.75, 3.05) is 0 Å². The van der Waals surface area contributed by atoms with E-state index in [0.717, 1.165) is 32.1 Å². The van der Waals surface area contributed by atoms with E-state index < -0.39 is 0 Å². The molecule has 0 saturated carbocycles. The van der Waals surface area contributed by atoms with Gasteiger partial charge in [-0.25, -0.2) is 9.78 Å². The van der Waals surface area contributed by atoms with Crippen molar-refractivity contribution < 1.29 is 0 Å². The fourth-order valence-corrected chi connectivity index (χ4v) is 2.39. The number of nitrogens with one attached hydrogen (secondary N) is 1. The van der Waals surface area contributed by atoms with Crippen LogP contribution in [-0.4, -0.2) is 25.3 Å².